The van der Waals surface area contributed by atoms with Crippen LogP contribution in [0, 0.1) is 5.82 Å². The number of benzene rings is 2. The Hall–Kier alpha value is -2.18. The maximum Gasteiger partial charge on any atom is 0.173 e. The van der Waals surface area contributed by atoms with Crippen molar-refractivity contribution >= 4 is 23.0 Å². The van der Waals surface area contributed by atoms with Crippen LogP contribution >= 0.6 is 12.2 Å². The van der Waals surface area contributed by atoms with E-state index in [1.165, 1.54) is 6.07 Å². The Morgan fingerprint density at radius 3 is 2.69 bits per heavy atom. The van der Waals surface area contributed by atoms with Gasteiger partial charge in [0.05, 0.1) is 13.2 Å². The van der Waals surface area contributed by atoms with Crippen LogP contribution in [0.2, 0.25) is 0 Å². The number of anilines is 1. The summed E-state index contributed by atoms with van der Waals surface area (Å²) in [5, 5.41) is 3.78. The molecule has 0 radical (unpaired) electrons. The summed E-state index contributed by atoms with van der Waals surface area (Å²) in [6.45, 7) is 1.81. The van der Waals surface area contributed by atoms with Crippen LogP contribution < -0.4 is 10.1 Å². The molecule has 1 heterocycles. The smallest absolute Gasteiger partial charge is 0.173 e. The number of nitrogens with zero attached hydrogens (tertiary/aromatic N) is 1. The minimum Gasteiger partial charge on any atom is -0.497 e. The maximum absolute atomic E-state index is 14.1. The van der Waals surface area contributed by atoms with E-state index in [-0.39, 0.29) is 11.9 Å². The summed E-state index contributed by atoms with van der Waals surface area (Å²) >= 11 is 5.60. The predicted octanol–water partition coefficient (Wildman–Crippen LogP) is 4.21. The molecule has 0 saturated carbocycles. The van der Waals surface area contributed by atoms with E-state index in [0.717, 1.165) is 30.9 Å². The molecule has 0 bridgehead atoms. The summed E-state index contributed by atoms with van der Waals surface area (Å²) in [6.07, 6.45) is 2.17. The molecule has 2 aromatic carbocycles. The van der Waals surface area contributed by atoms with Crippen LogP contribution in [-0.4, -0.2) is 36.4 Å². The Morgan fingerprint density at radius 1 is 1.27 bits per heavy atom. The molecule has 6 heteroatoms. The van der Waals surface area contributed by atoms with Crippen molar-refractivity contribution < 1.29 is 13.9 Å². The summed E-state index contributed by atoms with van der Waals surface area (Å²) in [5.74, 6) is 0.557. The number of hydrogen-bond donors (Lipinski definition) is 1. The molecule has 1 fully saturated rings. The minimum absolute atomic E-state index is 0.123. The number of rotatable bonds is 6. The third-order valence-corrected chi connectivity index (χ3v) is 4.76. The van der Waals surface area contributed by atoms with Crippen molar-refractivity contribution in [2.45, 2.75) is 25.5 Å². The Morgan fingerprint density at radius 2 is 2.04 bits per heavy atom. The van der Waals surface area contributed by atoms with Gasteiger partial charge in [-0.15, -0.1) is 0 Å². The van der Waals surface area contributed by atoms with Crippen molar-refractivity contribution in [2.24, 2.45) is 0 Å². The molecular formula is C20H23FN2O2S. The van der Waals surface area contributed by atoms with E-state index >= 15 is 0 Å². The minimum atomic E-state index is -0.225. The molecule has 1 atom stereocenters. The van der Waals surface area contributed by atoms with E-state index in [9.17, 15) is 4.39 Å². The largest absolute Gasteiger partial charge is 0.497 e. The summed E-state index contributed by atoms with van der Waals surface area (Å²) in [4.78, 5) is 1.97. The highest BCUT2D eigenvalue weighted by Crippen LogP contribution is 2.19. The average Bonchev–Trinajstić information content (AvgIpc) is 3.16. The molecule has 1 aliphatic heterocycles. The summed E-state index contributed by atoms with van der Waals surface area (Å²) < 4.78 is 25.0. The lowest BCUT2D eigenvalue weighted by molar-refractivity contribution is 0.0903. The second-order valence-corrected chi connectivity index (χ2v) is 6.65. The first kappa shape index (κ1) is 18.6. The molecule has 4 nitrogen and oxygen atoms in total. The highest BCUT2D eigenvalue weighted by molar-refractivity contribution is 7.80. The van der Waals surface area contributed by atoms with Gasteiger partial charge in [0.15, 0.2) is 5.11 Å². The lowest BCUT2D eigenvalue weighted by atomic mass is 10.2. The van der Waals surface area contributed by atoms with Gasteiger partial charge < -0.3 is 19.7 Å². The molecule has 0 aromatic heterocycles. The van der Waals surface area contributed by atoms with Crippen molar-refractivity contribution in [3.05, 3.63) is 59.9 Å². The first-order chi connectivity index (χ1) is 12.7. The molecular weight excluding hydrogens is 351 g/mol. The molecule has 1 N–H and O–H groups in total. The topological polar surface area (TPSA) is 33.7 Å². The van der Waals surface area contributed by atoms with Crippen molar-refractivity contribution in [3.8, 4) is 5.75 Å². The standard InChI is InChI=1S/C20H23FN2O2S/c1-24-17-10-8-16(9-11-17)22-20(26)23(14-18-6-4-12-25-18)13-15-5-2-3-7-19(15)21/h2-3,5,7-11,18H,4,6,12-14H2,1H3,(H,22,26). The SMILES string of the molecule is COc1ccc(NC(=S)N(Cc2ccccc2F)CC2CCCO2)cc1. The van der Waals surface area contributed by atoms with Gasteiger partial charge in [-0.2, -0.15) is 0 Å². The van der Waals surface area contributed by atoms with Crippen molar-refractivity contribution in [3.63, 3.8) is 0 Å². The van der Waals surface area contributed by atoms with Gasteiger partial charge in [-0.05, 0) is 55.4 Å². The van der Waals surface area contributed by atoms with Gasteiger partial charge in [-0.25, -0.2) is 4.39 Å². The van der Waals surface area contributed by atoms with Crippen molar-refractivity contribution in [2.75, 3.05) is 25.6 Å². The molecule has 0 amide bonds. The summed E-state index contributed by atoms with van der Waals surface area (Å²) in [6, 6.07) is 14.3. The Labute approximate surface area is 158 Å². The first-order valence-corrected chi connectivity index (χ1v) is 9.11. The van der Waals surface area contributed by atoms with Gasteiger partial charge in [0, 0.05) is 30.9 Å². The molecule has 138 valence electrons. The maximum atomic E-state index is 14.1. The number of ether oxygens (including phenoxy) is 2. The van der Waals surface area contributed by atoms with E-state index in [1.807, 2.05) is 35.2 Å². The molecule has 26 heavy (non-hydrogen) atoms. The normalized spacial score (nSPS) is 16.3. The van der Waals surface area contributed by atoms with Gasteiger partial charge in [0.1, 0.15) is 11.6 Å². The summed E-state index contributed by atoms with van der Waals surface area (Å²) in [7, 11) is 1.63. The van der Waals surface area contributed by atoms with E-state index in [1.54, 1.807) is 19.2 Å². The third-order valence-electron chi connectivity index (χ3n) is 4.40. The average molecular weight is 374 g/mol. The Bertz CT molecular complexity index is 733. The van der Waals surface area contributed by atoms with E-state index in [4.69, 9.17) is 21.7 Å². The lowest BCUT2D eigenvalue weighted by Crippen LogP contribution is -2.39. The second-order valence-electron chi connectivity index (χ2n) is 6.27. The fourth-order valence-corrected chi connectivity index (χ4v) is 3.22. The third kappa shape index (κ3) is 4.93. The highest BCUT2D eigenvalue weighted by atomic mass is 32.1. The van der Waals surface area contributed by atoms with Crippen LogP contribution in [0.25, 0.3) is 0 Å². The van der Waals surface area contributed by atoms with Crippen LogP contribution in [0.1, 0.15) is 18.4 Å². The molecule has 2 aromatic rings. The second kappa shape index (κ2) is 8.96. The van der Waals surface area contributed by atoms with Crippen molar-refractivity contribution in [1.29, 1.82) is 0 Å². The van der Waals surface area contributed by atoms with Gasteiger partial charge in [0.2, 0.25) is 0 Å². The summed E-state index contributed by atoms with van der Waals surface area (Å²) in [5.41, 5.74) is 1.48. The van der Waals surface area contributed by atoms with Crippen LogP contribution in [0.4, 0.5) is 10.1 Å². The van der Waals surface area contributed by atoms with E-state index in [2.05, 4.69) is 5.32 Å². The van der Waals surface area contributed by atoms with E-state index < -0.39 is 0 Å². The number of thiocarbonyl (C=S) groups is 1. The van der Waals surface area contributed by atoms with E-state index in [0.29, 0.717) is 23.8 Å². The lowest BCUT2D eigenvalue weighted by Gasteiger charge is -2.28. The van der Waals surface area contributed by atoms with Crippen LogP contribution in [-0.2, 0) is 11.3 Å². The van der Waals surface area contributed by atoms with Gasteiger partial charge >= 0.3 is 0 Å². The van der Waals surface area contributed by atoms with Crippen LogP contribution in [0.15, 0.2) is 48.5 Å². The quantitative estimate of drug-likeness (QED) is 0.766. The van der Waals surface area contributed by atoms with Crippen molar-refractivity contribution in [1.82, 2.24) is 4.90 Å². The van der Waals surface area contributed by atoms with Gasteiger partial charge in [0.25, 0.3) is 0 Å². The fraction of sp³-hybridized carbons (Fsp3) is 0.350. The molecule has 1 saturated heterocycles. The molecule has 1 unspecified atom stereocenters. The Balaban J connectivity index is 1.72. The Kier molecular flexibility index (Phi) is 6.41. The van der Waals surface area contributed by atoms with Crippen LogP contribution in [0.3, 0.4) is 0 Å². The molecule has 3 rings (SSSR count). The first-order valence-electron chi connectivity index (χ1n) is 8.70. The predicted molar refractivity (Wildman–Crippen MR) is 105 cm³/mol. The monoisotopic (exact) mass is 374 g/mol. The molecule has 1 aliphatic rings. The number of hydrogen-bond acceptors (Lipinski definition) is 3. The molecule has 0 spiro atoms. The fourth-order valence-electron chi connectivity index (χ4n) is 2.96. The number of nitrogens with one attached hydrogen (secondary N) is 1. The zero-order valence-electron chi connectivity index (χ0n) is 14.8. The number of halogens is 1. The zero-order chi connectivity index (χ0) is 18.4. The zero-order valence-corrected chi connectivity index (χ0v) is 15.6. The molecule has 0 aliphatic carbocycles. The highest BCUT2D eigenvalue weighted by Gasteiger charge is 2.22. The van der Waals surface area contributed by atoms with Crippen LogP contribution in [0.5, 0.6) is 5.75 Å². The van der Waals surface area contributed by atoms with Gasteiger partial charge in [-0.1, -0.05) is 18.2 Å². The number of methoxy groups -OCH3 is 1. The van der Waals surface area contributed by atoms with Gasteiger partial charge in [-0.3, -0.25) is 0 Å².